The van der Waals surface area contributed by atoms with E-state index in [-0.39, 0.29) is 30.1 Å². The lowest BCUT2D eigenvalue weighted by Gasteiger charge is -2.52. The van der Waals surface area contributed by atoms with Crippen LogP contribution >= 0.6 is 0 Å². The van der Waals surface area contributed by atoms with Crippen molar-refractivity contribution in [1.29, 1.82) is 5.26 Å². The number of fused-ring (bicyclic) bond motifs is 1. The van der Waals surface area contributed by atoms with Crippen molar-refractivity contribution >= 4 is 11.0 Å². The average molecular weight is 608 g/mol. The van der Waals surface area contributed by atoms with Crippen molar-refractivity contribution in [1.82, 2.24) is 39.9 Å². The number of piperidine rings is 1. The monoisotopic (exact) mass is 607 g/mol. The van der Waals surface area contributed by atoms with Crippen molar-refractivity contribution in [2.75, 3.05) is 13.1 Å². The zero-order valence-electron chi connectivity index (χ0n) is 25.0. The highest BCUT2D eigenvalue weighted by Gasteiger charge is 2.49. The first kappa shape index (κ1) is 30.0. The summed E-state index contributed by atoms with van der Waals surface area (Å²) in [7, 11) is 0. The smallest absolute Gasteiger partial charge is 0.433 e. The van der Waals surface area contributed by atoms with E-state index in [0.717, 1.165) is 54.3 Å². The zero-order valence-corrected chi connectivity index (χ0v) is 25.0. The van der Waals surface area contributed by atoms with Crippen molar-refractivity contribution in [2.24, 2.45) is 0 Å². The highest BCUT2D eigenvalue weighted by molar-refractivity contribution is 5.90. The largest absolute Gasteiger partial charge is 0.474 e. The predicted octanol–water partition coefficient (Wildman–Crippen LogP) is 5.44. The molecular weight excluding hydrogens is 571 g/mol. The third-order valence-corrected chi connectivity index (χ3v) is 8.59. The van der Waals surface area contributed by atoms with Crippen LogP contribution in [0.5, 0.6) is 5.88 Å². The lowest BCUT2D eigenvalue weighted by molar-refractivity contribution is -0.141. The van der Waals surface area contributed by atoms with Crippen LogP contribution in [0.25, 0.3) is 22.3 Å². The van der Waals surface area contributed by atoms with Crippen LogP contribution in [0.3, 0.4) is 0 Å². The van der Waals surface area contributed by atoms with Gasteiger partial charge < -0.3 is 15.0 Å². The summed E-state index contributed by atoms with van der Waals surface area (Å²) in [5.41, 5.74) is 1.32. The van der Waals surface area contributed by atoms with Gasteiger partial charge in [0.05, 0.1) is 29.9 Å². The van der Waals surface area contributed by atoms with Gasteiger partial charge in [0.25, 0.3) is 0 Å². The molecule has 1 aliphatic heterocycles. The van der Waals surface area contributed by atoms with E-state index in [1.165, 1.54) is 6.33 Å². The molecule has 2 aliphatic rings. The highest BCUT2D eigenvalue weighted by atomic mass is 19.4. The molecule has 5 heterocycles. The highest BCUT2D eigenvalue weighted by Crippen LogP contribution is 2.45. The van der Waals surface area contributed by atoms with Gasteiger partial charge in [-0.1, -0.05) is 0 Å². The van der Waals surface area contributed by atoms with Crippen LogP contribution in [-0.4, -0.2) is 65.4 Å². The summed E-state index contributed by atoms with van der Waals surface area (Å²) in [4.78, 5) is 18.0. The second-order valence-electron chi connectivity index (χ2n) is 12.9. The van der Waals surface area contributed by atoms with Crippen molar-refractivity contribution in [2.45, 2.75) is 88.8 Å². The molecule has 44 heavy (non-hydrogen) atoms. The predicted molar refractivity (Wildman–Crippen MR) is 157 cm³/mol. The maximum absolute atomic E-state index is 13.6. The molecule has 1 saturated carbocycles. The summed E-state index contributed by atoms with van der Waals surface area (Å²) in [6.45, 7) is 7.68. The van der Waals surface area contributed by atoms with Gasteiger partial charge >= 0.3 is 6.18 Å². The first-order valence-electron chi connectivity index (χ1n) is 14.9. The number of rotatable bonds is 8. The average Bonchev–Trinajstić information content (AvgIpc) is 3.64. The molecule has 0 spiro atoms. The Morgan fingerprint density at radius 1 is 1.16 bits per heavy atom. The molecular formula is C31H36F3N9O. The molecule has 0 unspecified atom stereocenters. The summed E-state index contributed by atoms with van der Waals surface area (Å²) in [5, 5.41) is 18.5. The molecule has 6 rings (SSSR count). The molecule has 1 aliphatic carbocycles. The number of hydrogen-bond donors (Lipinski definition) is 2. The molecule has 0 radical (unpaired) electrons. The molecule has 4 aromatic rings. The number of aromatic nitrogens is 6. The third kappa shape index (κ3) is 6.27. The van der Waals surface area contributed by atoms with E-state index >= 15 is 0 Å². The van der Waals surface area contributed by atoms with Gasteiger partial charge in [0.1, 0.15) is 23.8 Å². The number of alkyl halides is 3. The molecule has 0 atom stereocenters. The fourth-order valence-electron chi connectivity index (χ4n) is 6.21. The van der Waals surface area contributed by atoms with Gasteiger partial charge in [-0.2, -0.15) is 23.5 Å². The van der Waals surface area contributed by atoms with Crippen LogP contribution in [0.2, 0.25) is 0 Å². The Kier molecular flexibility index (Phi) is 7.83. The number of halogens is 3. The van der Waals surface area contributed by atoms with Crippen molar-refractivity contribution in [3.8, 4) is 23.2 Å². The Bertz CT molecular complexity index is 1650. The van der Waals surface area contributed by atoms with Gasteiger partial charge in [-0.25, -0.2) is 15.0 Å². The molecule has 2 fully saturated rings. The number of aromatic amines is 1. The first-order chi connectivity index (χ1) is 20.9. The van der Waals surface area contributed by atoms with Crippen LogP contribution in [0.15, 0.2) is 43.1 Å². The minimum absolute atomic E-state index is 0.00996. The van der Waals surface area contributed by atoms with Gasteiger partial charge in [-0.05, 0) is 64.2 Å². The van der Waals surface area contributed by atoms with Gasteiger partial charge in [0.2, 0.25) is 5.88 Å². The van der Waals surface area contributed by atoms with Crippen LogP contribution in [0.4, 0.5) is 13.2 Å². The topological polar surface area (TPSA) is 121 Å². The standard InChI is InChI=1S/C31H36F3N9O/c1-29(2,3)39-16-20-12-25(31(32,33)34)41-26(13-20)44-23-5-10-42(11-6-23)22-14-30(15-22,7-8-35)43-18-21(17-40-43)27-24-4-9-36-28(24)38-19-37-27/h4,9,12-13,17-19,22-23,39H,5-7,10-11,14-16H2,1-3H3,(H,36,37,38). The van der Waals surface area contributed by atoms with E-state index in [1.807, 2.05) is 43.9 Å². The maximum atomic E-state index is 13.6. The number of nitrogens with one attached hydrogen (secondary N) is 2. The SMILES string of the molecule is CC(C)(C)NCc1cc(OC2CCN(C3CC(CC#N)(n4cc(-c5ncnc6[nH]ccc56)cn4)C3)CC2)nc(C(F)(F)F)c1. The van der Waals surface area contributed by atoms with Gasteiger partial charge in [-0.15, -0.1) is 0 Å². The minimum atomic E-state index is -4.56. The van der Waals surface area contributed by atoms with E-state index in [1.54, 1.807) is 12.3 Å². The molecule has 13 heteroatoms. The molecule has 0 amide bonds. The van der Waals surface area contributed by atoms with Crippen LogP contribution in [-0.2, 0) is 18.3 Å². The Morgan fingerprint density at radius 2 is 1.93 bits per heavy atom. The van der Waals surface area contributed by atoms with Crippen LogP contribution in [0, 0.1) is 11.3 Å². The number of nitriles is 1. The van der Waals surface area contributed by atoms with Crippen LogP contribution < -0.4 is 10.1 Å². The molecule has 2 N–H and O–H groups in total. The molecule has 4 aromatic heterocycles. The van der Waals surface area contributed by atoms with Crippen molar-refractivity contribution in [3.05, 3.63) is 54.4 Å². The quantitative estimate of drug-likeness (QED) is 0.272. The molecule has 232 valence electrons. The summed E-state index contributed by atoms with van der Waals surface area (Å²) in [6.07, 6.45) is 5.62. The van der Waals surface area contributed by atoms with Gasteiger partial charge in [0, 0.05) is 60.6 Å². The number of pyridine rings is 1. The van der Waals surface area contributed by atoms with Crippen molar-refractivity contribution < 1.29 is 17.9 Å². The summed E-state index contributed by atoms with van der Waals surface area (Å²) >= 11 is 0. The van der Waals surface area contributed by atoms with E-state index in [0.29, 0.717) is 24.8 Å². The summed E-state index contributed by atoms with van der Waals surface area (Å²) in [6, 6.07) is 7.26. The second-order valence-corrected chi connectivity index (χ2v) is 12.9. The number of hydrogen-bond acceptors (Lipinski definition) is 8. The Balaban J connectivity index is 1.08. The fourth-order valence-corrected chi connectivity index (χ4v) is 6.21. The summed E-state index contributed by atoms with van der Waals surface area (Å²) in [5.74, 6) is 0.00996. The summed E-state index contributed by atoms with van der Waals surface area (Å²) < 4.78 is 48.7. The van der Waals surface area contributed by atoms with E-state index in [2.05, 4.69) is 41.3 Å². The third-order valence-electron chi connectivity index (χ3n) is 8.59. The number of ether oxygens (including phenoxy) is 1. The zero-order chi connectivity index (χ0) is 31.1. The number of nitrogens with zero attached hydrogens (tertiary/aromatic N) is 7. The maximum Gasteiger partial charge on any atom is 0.433 e. The number of likely N-dealkylation sites (tertiary alicyclic amines) is 1. The Hall–Kier alpha value is -4.02. The fraction of sp³-hybridized carbons (Fsp3) is 0.516. The Labute approximate surface area is 253 Å². The lowest BCUT2D eigenvalue weighted by Crippen LogP contribution is -2.58. The number of H-pyrrole nitrogens is 1. The minimum Gasteiger partial charge on any atom is -0.474 e. The molecule has 1 saturated heterocycles. The van der Waals surface area contributed by atoms with Crippen molar-refractivity contribution in [3.63, 3.8) is 0 Å². The van der Waals surface area contributed by atoms with E-state index < -0.39 is 17.4 Å². The second kappa shape index (κ2) is 11.5. The first-order valence-corrected chi connectivity index (χ1v) is 14.9. The molecule has 0 bridgehead atoms. The van der Waals surface area contributed by atoms with E-state index in [9.17, 15) is 18.4 Å². The van der Waals surface area contributed by atoms with Gasteiger partial charge in [0.15, 0.2) is 0 Å². The van der Waals surface area contributed by atoms with Gasteiger partial charge in [-0.3, -0.25) is 9.58 Å². The normalized spacial score (nSPS) is 21.7. The van der Waals surface area contributed by atoms with Crippen LogP contribution in [0.1, 0.15) is 64.1 Å². The lowest BCUT2D eigenvalue weighted by atomic mass is 9.69. The van der Waals surface area contributed by atoms with E-state index in [4.69, 9.17) is 4.74 Å². The Morgan fingerprint density at radius 3 is 2.64 bits per heavy atom. The molecule has 0 aromatic carbocycles. The molecule has 10 nitrogen and oxygen atoms in total.